The van der Waals surface area contributed by atoms with Gasteiger partial charge in [-0.3, -0.25) is 4.98 Å². The molecule has 0 aromatic carbocycles. The zero-order valence-electron chi connectivity index (χ0n) is 9.31. The SMILES string of the molecule is CC1CCCC1n1c(=S)[nH]c2cnccc21. The van der Waals surface area contributed by atoms with Gasteiger partial charge < -0.3 is 9.55 Å². The van der Waals surface area contributed by atoms with E-state index in [0.717, 1.165) is 16.2 Å². The van der Waals surface area contributed by atoms with E-state index in [9.17, 15) is 0 Å². The van der Waals surface area contributed by atoms with Crippen molar-refractivity contribution in [1.29, 1.82) is 0 Å². The van der Waals surface area contributed by atoms with Crippen molar-refractivity contribution in [2.75, 3.05) is 0 Å². The third-order valence-corrected chi connectivity index (χ3v) is 3.96. The van der Waals surface area contributed by atoms with Crippen LogP contribution in [0.25, 0.3) is 11.0 Å². The second kappa shape index (κ2) is 3.70. The van der Waals surface area contributed by atoms with Crippen molar-refractivity contribution in [1.82, 2.24) is 14.5 Å². The van der Waals surface area contributed by atoms with Crippen molar-refractivity contribution >= 4 is 23.3 Å². The molecular formula is C12H15N3S. The van der Waals surface area contributed by atoms with Crippen LogP contribution in [0.1, 0.15) is 32.2 Å². The molecule has 1 fully saturated rings. The molecule has 2 unspecified atom stereocenters. The van der Waals surface area contributed by atoms with E-state index >= 15 is 0 Å². The molecule has 84 valence electrons. The number of nitrogens with one attached hydrogen (secondary N) is 1. The predicted octanol–water partition coefficient (Wildman–Crippen LogP) is 3.45. The molecule has 1 N–H and O–H groups in total. The Kier molecular flexibility index (Phi) is 2.32. The highest BCUT2D eigenvalue weighted by Gasteiger charge is 2.26. The van der Waals surface area contributed by atoms with E-state index in [4.69, 9.17) is 12.2 Å². The molecule has 0 radical (unpaired) electrons. The van der Waals surface area contributed by atoms with Crippen LogP contribution in [-0.2, 0) is 0 Å². The molecule has 3 nitrogen and oxygen atoms in total. The highest BCUT2D eigenvalue weighted by Crippen LogP contribution is 2.37. The standard InChI is InChI=1S/C12H15N3S/c1-8-3-2-4-10(8)15-11-5-6-13-7-9(11)14-12(15)16/h5-8,10H,2-4H2,1H3,(H,14,16). The summed E-state index contributed by atoms with van der Waals surface area (Å²) in [6.45, 7) is 2.32. The molecule has 1 aliphatic rings. The topological polar surface area (TPSA) is 33.6 Å². The van der Waals surface area contributed by atoms with Gasteiger partial charge in [0.15, 0.2) is 4.77 Å². The van der Waals surface area contributed by atoms with Crippen LogP contribution in [0.4, 0.5) is 0 Å². The van der Waals surface area contributed by atoms with Crippen molar-refractivity contribution in [3.8, 4) is 0 Å². The number of rotatable bonds is 1. The van der Waals surface area contributed by atoms with Crippen LogP contribution in [0.3, 0.4) is 0 Å². The van der Waals surface area contributed by atoms with Crippen LogP contribution >= 0.6 is 12.2 Å². The fourth-order valence-electron chi connectivity index (χ4n) is 2.82. The zero-order valence-corrected chi connectivity index (χ0v) is 10.1. The maximum absolute atomic E-state index is 5.42. The van der Waals surface area contributed by atoms with Gasteiger partial charge in [0.25, 0.3) is 0 Å². The molecule has 3 rings (SSSR count). The van der Waals surface area contributed by atoms with Crippen LogP contribution in [0.5, 0.6) is 0 Å². The number of hydrogen-bond acceptors (Lipinski definition) is 2. The molecule has 0 spiro atoms. The molecule has 1 aliphatic carbocycles. The molecule has 16 heavy (non-hydrogen) atoms. The summed E-state index contributed by atoms with van der Waals surface area (Å²) < 4.78 is 3.12. The van der Waals surface area contributed by atoms with Crippen LogP contribution in [0.2, 0.25) is 0 Å². The minimum Gasteiger partial charge on any atom is -0.329 e. The van der Waals surface area contributed by atoms with E-state index in [-0.39, 0.29) is 0 Å². The summed E-state index contributed by atoms with van der Waals surface area (Å²) in [7, 11) is 0. The summed E-state index contributed by atoms with van der Waals surface area (Å²) >= 11 is 5.42. The van der Waals surface area contributed by atoms with Gasteiger partial charge in [-0.05, 0) is 37.0 Å². The third-order valence-electron chi connectivity index (χ3n) is 3.67. The first kappa shape index (κ1) is 10.0. The minimum absolute atomic E-state index is 0.559. The third kappa shape index (κ3) is 1.40. The lowest BCUT2D eigenvalue weighted by Gasteiger charge is -2.18. The lowest BCUT2D eigenvalue weighted by atomic mass is 10.1. The molecule has 2 atom stereocenters. The van der Waals surface area contributed by atoms with Gasteiger partial charge in [-0.15, -0.1) is 0 Å². The summed E-state index contributed by atoms with van der Waals surface area (Å²) in [6, 6.07) is 2.61. The normalized spacial score (nSPS) is 25.3. The largest absolute Gasteiger partial charge is 0.329 e. The second-order valence-corrected chi connectivity index (χ2v) is 5.06. The van der Waals surface area contributed by atoms with Crippen LogP contribution in [0, 0.1) is 10.7 Å². The Morgan fingerprint density at radius 3 is 3.12 bits per heavy atom. The predicted molar refractivity (Wildman–Crippen MR) is 67.0 cm³/mol. The summed E-state index contributed by atoms with van der Waals surface area (Å²) in [4.78, 5) is 7.36. The Balaban J connectivity index is 2.22. The highest BCUT2D eigenvalue weighted by molar-refractivity contribution is 7.71. The Labute approximate surface area is 99.5 Å². The monoisotopic (exact) mass is 233 g/mol. The van der Waals surface area contributed by atoms with E-state index < -0.39 is 0 Å². The Morgan fingerprint density at radius 2 is 2.38 bits per heavy atom. The lowest BCUT2D eigenvalue weighted by molar-refractivity contribution is 0.413. The molecule has 1 saturated carbocycles. The number of H-pyrrole nitrogens is 1. The van der Waals surface area contributed by atoms with Crippen LogP contribution < -0.4 is 0 Å². The Morgan fingerprint density at radius 1 is 1.50 bits per heavy atom. The Bertz CT molecular complexity index is 569. The average Bonchev–Trinajstić information content (AvgIpc) is 2.81. The molecule has 0 amide bonds. The molecule has 2 aromatic heterocycles. The minimum atomic E-state index is 0.559. The summed E-state index contributed by atoms with van der Waals surface area (Å²) in [5, 5.41) is 0. The molecule has 2 aromatic rings. The van der Waals surface area contributed by atoms with Crippen molar-refractivity contribution < 1.29 is 0 Å². The molecule has 4 heteroatoms. The lowest BCUT2D eigenvalue weighted by Crippen LogP contribution is -2.11. The zero-order chi connectivity index (χ0) is 11.1. The number of hydrogen-bond donors (Lipinski definition) is 1. The van der Waals surface area contributed by atoms with E-state index in [2.05, 4.69) is 21.5 Å². The van der Waals surface area contributed by atoms with Gasteiger partial charge in [0.05, 0.1) is 17.2 Å². The Hall–Kier alpha value is -1.16. The number of pyridine rings is 1. The molecule has 0 bridgehead atoms. The van der Waals surface area contributed by atoms with Crippen LogP contribution in [-0.4, -0.2) is 14.5 Å². The number of aromatic amines is 1. The van der Waals surface area contributed by atoms with E-state index in [1.807, 2.05) is 18.5 Å². The maximum atomic E-state index is 5.42. The quantitative estimate of drug-likeness (QED) is 0.765. The molecule has 2 heterocycles. The van der Waals surface area contributed by atoms with Gasteiger partial charge >= 0.3 is 0 Å². The van der Waals surface area contributed by atoms with Crippen molar-refractivity contribution in [3.05, 3.63) is 23.2 Å². The van der Waals surface area contributed by atoms with Gasteiger partial charge in [0.1, 0.15) is 0 Å². The van der Waals surface area contributed by atoms with E-state index in [1.165, 1.54) is 24.8 Å². The van der Waals surface area contributed by atoms with Gasteiger partial charge in [-0.1, -0.05) is 13.3 Å². The highest BCUT2D eigenvalue weighted by atomic mass is 32.1. The van der Waals surface area contributed by atoms with Crippen molar-refractivity contribution in [2.24, 2.45) is 5.92 Å². The fraction of sp³-hybridized carbons (Fsp3) is 0.500. The summed E-state index contributed by atoms with van der Waals surface area (Å²) in [5.74, 6) is 0.721. The van der Waals surface area contributed by atoms with Gasteiger partial charge in [0.2, 0.25) is 0 Å². The fourth-order valence-corrected chi connectivity index (χ4v) is 3.16. The molecule has 0 saturated heterocycles. The first-order chi connectivity index (χ1) is 7.77. The summed E-state index contributed by atoms with van der Waals surface area (Å²) in [6.07, 6.45) is 7.54. The second-order valence-electron chi connectivity index (χ2n) is 4.67. The maximum Gasteiger partial charge on any atom is 0.178 e. The van der Waals surface area contributed by atoms with Gasteiger partial charge in [0, 0.05) is 12.2 Å². The number of nitrogens with zero attached hydrogens (tertiary/aromatic N) is 2. The van der Waals surface area contributed by atoms with Gasteiger partial charge in [-0.25, -0.2) is 0 Å². The number of imidazole rings is 1. The van der Waals surface area contributed by atoms with E-state index in [0.29, 0.717) is 6.04 Å². The average molecular weight is 233 g/mol. The molecule has 0 aliphatic heterocycles. The van der Waals surface area contributed by atoms with Crippen molar-refractivity contribution in [3.63, 3.8) is 0 Å². The number of aromatic nitrogens is 3. The summed E-state index contributed by atoms with van der Waals surface area (Å²) in [5.41, 5.74) is 2.24. The number of fused-ring (bicyclic) bond motifs is 1. The van der Waals surface area contributed by atoms with Crippen LogP contribution in [0.15, 0.2) is 18.5 Å². The van der Waals surface area contributed by atoms with E-state index in [1.54, 1.807) is 0 Å². The first-order valence-corrected chi connectivity index (χ1v) is 6.22. The smallest absolute Gasteiger partial charge is 0.178 e. The van der Waals surface area contributed by atoms with Gasteiger partial charge in [-0.2, -0.15) is 0 Å². The van der Waals surface area contributed by atoms with Crippen molar-refractivity contribution in [2.45, 2.75) is 32.2 Å². The molecular weight excluding hydrogens is 218 g/mol. The first-order valence-electron chi connectivity index (χ1n) is 5.81.